The third-order valence-electron chi connectivity index (χ3n) is 2.35. The smallest absolute Gasteiger partial charge is 0.338 e. The van der Waals surface area contributed by atoms with Gasteiger partial charge in [-0.15, -0.1) is 0 Å². The molecule has 16 heavy (non-hydrogen) atoms. The molecule has 0 fully saturated rings. The molecule has 0 N–H and O–H groups in total. The van der Waals surface area contributed by atoms with E-state index in [0.717, 1.165) is 5.56 Å². The van der Waals surface area contributed by atoms with Crippen LogP contribution >= 0.6 is 0 Å². The zero-order valence-electron chi connectivity index (χ0n) is 8.95. The molecule has 1 aromatic heterocycles. The summed E-state index contributed by atoms with van der Waals surface area (Å²) in [7, 11) is 1.29. The second-order valence-electron chi connectivity index (χ2n) is 3.49. The Morgan fingerprint density at radius 2 is 2.19 bits per heavy atom. The highest BCUT2D eigenvalue weighted by atomic mass is 19.1. The molecule has 0 atom stereocenters. The first-order chi connectivity index (χ1) is 7.63. The first kappa shape index (κ1) is 10.5. The topological polar surface area (TPSA) is 39.2 Å². The zero-order chi connectivity index (χ0) is 11.7. The summed E-state index contributed by atoms with van der Waals surface area (Å²) >= 11 is 0. The number of pyridine rings is 1. The van der Waals surface area contributed by atoms with Crippen LogP contribution in [0, 0.1) is 12.7 Å². The number of halogens is 1. The fourth-order valence-electron chi connectivity index (χ4n) is 1.64. The van der Waals surface area contributed by atoms with Crippen LogP contribution in [0.5, 0.6) is 0 Å². The van der Waals surface area contributed by atoms with Crippen molar-refractivity contribution in [2.75, 3.05) is 7.11 Å². The van der Waals surface area contributed by atoms with E-state index in [0.29, 0.717) is 10.9 Å². The van der Waals surface area contributed by atoms with Crippen molar-refractivity contribution in [3.8, 4) is 0 Å². The van der Waals surface area contributed by atoms with Crippen molar-refractivity contribution < 1.29 is 13.9 Å². The Labute approximate surface area is 91.9 Å². The summed E-state index contributed by atoms with van der Waals surface area (Å²) in [5.41, 5.74) is 1.26. The molecule has 1 heterocycles. The maximum Gasteiger partial charge on any atom is 0.338 e. The maximum absolute atomic E-state index is 13.6. The highest BCUT2D eigenvalue weighted by molar-refractivity contribution is 6.03. The Balaban J connectivity index is 2.81. The molecule has 0 spiro atoms. The van der Waals surface area contributed by atoms with Gasteiger partial charge in [-0.1, -0.05) is 0 Å². The largest absolute Gasteiger partial charge is 0.465 e. The number of nitrogens with zero attached hydrogens (tertiary/aromatic N) is 1. The summed E-state index contributed by atoms with van der Waals surface area (Å²) < 4.78 is 18.2. The lowest BCUT2D eigenvalue weighted by atomic mass is 10.1. The van der Waals surface area contributed by atoms with Crippen LogP contribution in [-0.4, -0.2) is 18.1 Å². The van der Waals surface area contributed by atoms with E-state index in [4.69, 9.17) is 0 Å². The standard InChI is InChI=1S/C12H10FNO2/c1-7-5-9-8(12(15)16-2)3-4-14-11(9)10(13)6-7/h3-6H,1-2H3. The minimum atomic E-state index is -0.489. The summed E-state index contributed by atoms with van der Waals surface area (Å²) in [6, 6.07) is 4.63. The van der Waals surface area contributed by atoms with E-state index in [1.54, 1.807) is 13.0 Å². The predicted octanol–water partition coefficient (Wildman–Crippen LogP) is 2.47. The number of benzene rings is 1. The second kappa shape index (κ2) is 3.89. The Bertz CT molecular complexity index is 566. The lowest BCUT2D eigenvalue weighted by Crippen LogP contribution is -2.03. The number of carbonyl (C=O) groups excluding carboxylic acids is 1. The van der Waals surface area contributed by atoms with Crippen molar-refractivity contribution in [1.29, 1.82) is 0 Å². The molecule has 0 bridgehead atoms. The van der Waals surface area contributed by atoms with Gasteiger partial charge in [-0.3, -0.25) is 4.98 Å². The van der Waals surface area contributed by atoms with Crippen molar-refractivity contribution in [3.05, 3.63) is 41.3 Å². The van der Waals surface area contributed by atoms with Crippen LogP contribution in [-0.2, 0) is 4.74 Å². The van der Waals surface area contributed by atoms with Gasteiger partial charge in [-0.05, 0) is 30.7 Å². The SMILES string of the molecule is COC(=O)c1ccnc2c(F)cc(C)cc12. The summed E-state index contributed by atoms with van der Waals surface area (Å²) in [4.78, 5) is 15.4. The molecule has 3 nitrogen and oxygen atoms in total. The number of ether oxygens (including phenoxy) is 1. The summed E-state index contributed by atoms with van der Waals surface area (Å²) in [6.07, 6.45) is 1.40. The lowest BCUT2D eigenvalue weighted by molar-refractivity contribution is 0.0603. The van der Waals surface area contributed by atoms with Crippen LogP contribution in [0.15, 0.2) is 24.4 Å². The van der Waals surface area contributed by atoms with Gasteiger partial charge in [0, 0.05) is 11.6 Å². The van der Waals surface area contributed by atoms with Gasteiger partial charge < -0.3 is 4.74 Å². The monoisotopic (exact) mass is 219 g/mol. The normalized spacial score (nSPS) is 10.4. The molecule has 0 radical (unpaired) electrons. The van der Waals surface area contributed by atoms with Crippen molar-refractivity contribution in [1.82, 2.24) is 4.98 Å². The molecule has 0 saturated heterocycles. The second-order valence-corrected chi connectivity index (χ2v) is 3.49. The quantitative estimate of drug-likeness (QED) is 0.691. The van der Waals surface area contributed by atoms with Crippen LogP contribution < -0.4 is 0 Å². The van der Waals surface area contributed by atoms with Crippen LogP contribution in [0.4, 0.5) is 4.39 Å². The fraction of sp³-hybridized carbons (Fsp3) is 0.167. The Morgan fingerprint density at radius 3 is 2.88 bits per heavy atom. The van der Waals surface area contributed by atoms with Crippen molar-refractivity contribution in [3.63, 3.8) is 0 Å². The minimum absolute atomic E-state index is 0.188. The molecule has 82 valence electrons. The van der Waals surface area contributed by atoms with E-state index in [2.05, 4.69) is 9.72 Å². The molecule has 2 aromatic rings. The van der Waals surface area contributed by atoms with Gasteiger partial charge in [0.25, 0.3) is 0 Å². The molecule has 0 aliphatic rings. The maximum atomic E-state index is 13.6. The van der Waals surface area contributed by atoms with Crippen LogP contribution in [0.2, 0.25) is 0 Å². The van der Waals surface area contributed by atoms with Crippen LogP contribution in [0.25, 0.3) is 10.9 Å². The molecular formula is C12H10FNO2. The number of fused-ring (bicyclic) bond motifs is 1. The third-order valence-corrected chi connectivity index (χ3v) is 2.35. The van der Waals surface area contributed by atoms with Crippen molar-refractivity contribution >= 4 is 16.9 Å². The average Bonchev–Trinajstić information content (AvgIpc) is 2.27. The number of methoxy groups -OCH3 is 1. The average molecular weight is 219 g/mol. The van der Waals surface area contributed by atoms with Crippen molar-refractivity contribution in [2.24, 2.45) is 0 Å². The van der Waals surface area contributed by atoms with Gasteiger partial charge in [0.15, 0.2) is 0 Å². The van der Waals surface area contributed by atoms with Gasteiger partial charge in [-0.2, -0.15) is 0 Å². The minimum Gasteiger partial charge on any atom is -0.465 e. The molecule has 0 saturated carbocycles. The summed E-state index contributed by atoms with van der Waals surface area (Å²) in [6.45, 7) is 1.76. The van der Waals surface area contributed by atoms with Gasteiger partial charge in [0.05, 0.1) is 12.7 Å². The van der Waals surface area contributed by atoms with Crippen LogP contribution in [0.1, 0.15) is 15.9 Å². The molecule has 2 rings (SSSR count). The van der Waals surface area contributed by atoms with Gasteiger partial charge in [0.1, 0.15) is 11.3 Å². The molecular weight excluding hydrogens is 209 g/mol. The van der Waals surface area contributed by atoms with E-state index < -0.39 is 11.8 Å². The zero-order valence-corrected chi connectivity index (χ0v) is 8.95. The van der Waals surface area contributed by atoms with E-state index in [9.17, 15) is 9.18 Å². The Kier molecular flexibility index (Phi) is 2.56. The third kappa shape index (κ3) is 1.62. The highest BCUT2D eigenvalue weighted by Crippen LogP contribution is 2.21. The summed E-state index contributed by atoms with van der Waals surface area (Å²) in [5.74, 6) is -0.918. The highest BCUT2D eigenvalue weighted by Gasteiger charge is 2.13. The molecule has 4 heteroatoms. The Hall–Kier alpha value is -1.97. The fourth-order valence-corrected chi connectivity index (χ4v) is 1.64. The molecule has 0 amide bonds. The number of rotatable bonds is 1. The van der Waals surface area contributed by atoms with Crippen LogP contribution in [0.3, 0.4) is 0 Å². The van der Waals surface area contributed by atoms with Gasteiger partial charge in [-0.25, -0.2) is 9.18 Å². The molecule has 0 aliphatic heterocycles. The van der Waals surface area contributed by atoms with E-state index >= 15 is 0 Å². The van der Waals surface area contributed by atoms with E-state index in [1.807, 2.05) is 0 Å². The molecule has 0 aliphatic carbocycles. The number of hydrogen-bond acceptors (Lipinski definition) is 3. The number of esters is 1. The molecule has 1 aromatic carbocycles. The number of aryl methyl sites for hydroxylation is 1. The van der Waals surface area contributed by atoms with E-state index in [1.165, 1.54) is 25.4 Å². The van der Waals surface area contributed by atoms with E-state index in [-0.39, 0.29) is 5.52 Å². The Morgan fingerprint density at radius 1 is 1.44 bits per heavy atom. The lowest BCUT2D eigenvalue weighted by Gasteiger charge is -2.05. The number of aromatic nitrogens is 1. The summed E-state index contributed by atoms with van der Waals surface area (Å²) in [5, 5.41) is 0.479. The first-order valence-corrected chi connectivity index (χ1v) is 4.76. The van der Waals surface area contributed by atoms with Crippen molar-refractivity contribution in [2.45, 2.75) is 6.92 Å². The van der Waals surface area contributed by atoms with Gasteiger partial charge >= 0.3 is 5.97 Å². The predicted molar refractivity (Wildman–Crippen MR) is 57.8 cm³/mol. The first-order valence-electron chi connectivity index (χ1n) is 4.76. The number of carbonyl (C=O) groups is 1. The van der Waals surface area contributed by atoms with Gasteiger partial charge in [0.2, 0.25) is 0 Å². The number of hydrogen-bond donors (Lipinski definition) is 0. The molecule has 0 unspecified atom stereocenters.